The van der Waals surface area contributed by atoms with Gasteiger partial charge in [-0.1, -0.05) is 53.5 Å². The normalized spacial score (nSPS) is 15.0. The van der Waals surface area contributed by atoms with Crippen molar-refractivity contribution >= 4 is 29.1 Å². The third kappa shape index (κ3) is 4.22. The Kier molecular flexibility index (Phi) is 5.45. The fourth-order valence-electron chi connectivity index (χ4n) is 2.85. The van der Waals surface area contributed by atoms with E-state index in [-0.39, 0.29) is 28.5 Å². The number of benzene rings is 1. The van der Waals surface area contributed by atoms with Crippen LogP contribution in [-0.4, -0.2) is 26.6 Å². The lowest BCUT2D eigenvalue weighted by Crippen LogP contribution is -2.43. The molecule has 1 aliphatic rings. The summed E-state index contributed by atoms with van der Waals surface area (Å²) in [7, 11) is 0. The Hall–Kier alpha value is -1.85. The fraction of sp³-hybridized carbons (Fsp3) is 0.389. The van der Waals surface area contributed by atoms with E-state index < -0.39 is 5.56 Å². The maximum Gasteiger partial charge on any atom is 0.287 e. The van der Waals surface area contributed by atoms with Crippen LogP contribution >= 0.6 is 23.2 Å². The Morgan fingerprint density at radius 3 is 2.64 bits per heavy atom. The van der Waals surface area contributed by atoms with Crippen LogP contribution in [0.1, 0.15) is 25.3 Å². The van der Waals surface area contributed by atoms with Crippen molar-refractivity contribution in [1.82, 2.24) is 14.7 Å². The van der Waals surface area contributed by atoms with Gasteiger partial charge >= 0.3 is 0 Å². The van der Waals surface area contributed by atoms with Gasteiger partial charge in [-0.25, -0.2) is 4.68 Å². The van der Waals surface area contributed by atoms with Gasteiger partial charge in [0.15, 0.2) is 0 Å². The molecule has 0 saturated heterocycles. The van der Waals surface area contributed by atoms with E-state index in [4.69, 9.17) is 23.2 Å². The van der Waals surface area contributed by atoms with Crippen LogP contribution in [0.3, 0.4) is 0 Å². The average Bonchev–Trinajstić information content (AvgIpc) is 3.45. The summed E-state index contributed by atoms with van der Waals surface area (Å²) in [6, 6.07) is 9.94. The number of amides is 1. The molecule has 1 amide bonds. The van der Waals surface area contributed by atoms with Crippen LogP contribution in [0.2, 0.25) is 10.0 Å². The highest BCUT2D eigenvalue weighted by molar-refractivity contribution is 6.41. The van der Waals surface area contributed by atoms with Crippen LogP contribution in [0.25, 0.3) is 0 Å². The van der Waals surface area contributed by atoms with Gasteiger partial charge in [0.05, 0.1) is 11.2 Å². The number of aromatic nitrogens is 2. The Bertz CT molecular complexity index is 819. The Balaban J connectivity index is 1.81. The van der Waals surface area contributed by atoms with E-state index in [1.54, 1.807) is 0 Å². The van der Waals surface area contributed by atoms with E-state index in [2.05, 4.69) is 12.0 Å². The zero-order valence-corrected chi connectivity index (χ0v) is 15.4. The summed E-state index contributed by atoms with van der Waals surface area (Å²) in [5.74, 6) is 0.363. The quantitative estimate of drug-likeness (QED) is 0.772. The SMILES string of the molecule is CC(C1CC1)N(Cc1ccccc1)C(=O)Cn1ncc(Cl)c(Cl)c1=O. The minimum absolute atomic E-state index is 0.0860. The summed E-state index contributed by atoms with van der Waals surface area (Å²) >= 11 is 11.7. The third-order valence-electron chi connectivity index (χ3n) is 4.54. The predicted molar refractivity (Wildman–Crippen MR) is 97.7 cm³/mol. The van der Waals surface area contributed by atoms with E-state index in [9.17, 15) is 9.59 Å². The lowest BCUT2D eigenvalue weighted by Gasteiger charge is -2.29. The van der Waals surface area contributed by atoms with Crippen molar-refractivity contribution in [2.24, 2.45) is 5.92 Å². The van der Waals surface area contributed by atoms with Gasteiger partial charge in [0.2, 0.25) is 5.91 Å². The molecule has 1 fully saturated rings. The number of rotatable bonds is 6. The van der Waals surface area contributed by atoms with Gasteiger partial charge < -0.3 is 4.90 Å². The molecular weight excluding hydrogens is 361 g/mol. The fourth-order valence-corrected chi connectivity index (χ4v) is 3.12. The molecule has 1 unspecified atom stereocenters. The molecule has 0 bridgehead atoms. The molecule has 1 atom stereocenters. The molecule has 1 aliphatic carbocycles. The van der Waals surface area contributed by atoms with Gasteiger partial charge in [0, 0.05) is 12.6 Å². The number of nitrogens with zero attached hydrogens (tertiary/aromatic N) is 3. The van der Waals surface area contributed by atoms with Crippen molar-refractivity contribution in [2.45, 2.75) is 38.9 Å². The average molecular weight is 380 g/mol. The van der Waals surface area contributed by atoms with E-state index in [1.165, 1.54) is 6.20 Å². The summed E-state index contributed by atoms with van der Waals surface area (Å²) in [4.78, 5) is 26.8. The molecule has 25 heavy (non-hydrogen) atoms. The second kappa shape index (κ2) is 7.58. The Morgan fingerprint density at radius 2 is 2.00 bits per heavy atom. The van der Waals surface area contributed by atoms with E-state index in [1.807, 2.05) is 35.2 Å². The summed E-state index contributed by atoms with van der Waals surface area (Å²) in [5, 5.41) is 3.90. The number of halogens is 2. The van der Waals surface area contributed by atoms with Gasteiger partial charge in [-0.15, -0.1) is 0 Å². The molecular formula is C18H19Cl2N3O2. The first kappa shape index (κ1) is 18.0. The molecule has 1 heterocycles. The summed E-state index contributed by atoms with van der Waals surface area (Å²) in [6.45, 7) is 2.41. The summed E-state index contributed by atoms with van der Waals surface area (Å²) in [6.07, 6.45) is 3.54. The van der Waals surface area contributed by atoms with Crippen LogP contribution in [0.4, 0.5) is 0 Å². The topological polar surface area (TPSA) is 55.2 Å². The molecule has 1 aromatic carbocycles. The largest absolute Gasteiger partial charge is 0.334 e. The van der Waals surface area contributed by atoms with Crippen LogP contribution in [0.5, 0.6) is 0 Å². The molecule has 5 nitrogen and oxygen atoms in total. The van der Waals surface area contributed by atoms with Crippen molar-refractivity contribution in [3.63, 3.8) is 0 Å². The van der Waals surface area contributed by atoms with Crippen molar-refractivity contribution in [2.75, 3.05) is 0 Å². The smallest absolute Gasteiger partial charge is 0.287 e. The molecule has 3 rings (SSSR count). The monoisotopic (exact) mass is 379 g/mol. The summed E-state index contributed by atoms with van der Waals surface area (Å²) < 4.78 is 1.06. The standard InChI is InChI=1S/C18H19Cl2N3O2/c1-12(14-7-8-14)22(10-13-5-3-2-4-6-13)16(24)11-23-18(25)17(20)15(19)9-21-23/h2-6,9,12,14H,7-8,10-11H2,1H3. The van der Waals surface area contributed by atoms with Crippen LogP contribution in [-0.2, 0) is 17.9 Å². The van der Waals surface area contributed by atoms with E-state index in [0.29, 0.717) is 12.5 Å². The highest BCUT2D eigenvalue weighted by Gasteiger charge is 2.34. The lowest BCUT2D eigenvalue weighted by molar-refractivity contribution is -0.135. The lowest BCUT2D eigenvalue weighted by atomic mass is 10.1. The van der Waals surface area contributed by atoms with Gasteiger partial charge in [-0.05, 0) is 31.2 Å². The zero-order valence-electron chi connectivity index (χ0n) is 13.9. The minimum Gasteiger partial charge on any atom is -0.334 e. The van der Waals surface area contributed by atoms with Crippen molar-refractivity contribution < 1.29 is 4.79 Å². The van der Waals surface area contributed by atoms with Gasteiger partial charge in [0.1, 0.15) is 11.6 Å². The molecule has 2 aromatic rings. The second-order valence-electron chi connectivity index (χ2n) is 6.35. The van der Waals surface area contributed by atoms with Crippen LogP contribution in [0.15, 0.2) is 41.3 Å². The molecule has 0 N–H and O–H groups in total. The number of carbonyl (C=O) groups excluding carboxylic acids is 1. The first-order chi connectivity index (χ1) is 12.0. The van der Waals surface area contributed by atoms with E-state index in [0.717, 1.165) is 23.1 Å². The van der Waals surface area contributed by atoms with E-state index >= 15 is 0 Å². The first-order valence-electron chi connectivity index (χ1n) is 8.22. The zero-order chi connectivity index (χ0) is 18.0. The first-order valence-corrected chi connectivity index (χ1v) is 8.97. The molecule has 0 aliphatic heterocycles. The Labute approximate surface area is 156 Å². The maximum absolute atomic E-state index is 12.9. The number of hydrogen-bond donors (Lipinski definition) is 0. The number of hydrogen-bond acceptors (Lipinski definition) is 3. The van der Waals surface area contributed by atoms with Gasteiger partial charge in [0.25, 0.3) is 5.56 Å². The Morgan fingerprint density at radius 1 is 1.32 bits per heavy atom. The maximum atomic E-state index is 12.9. The van der Waals surface area contributed by atoms with Gasteiger partial charge in [-0.3, -0.25) is 9.59 Å². The van der Waals surface area contributed by atoms with Crippen molar-refractivity contribution in [3.05, 3.63) is 62.5 Å². The third-order valence-corrected chi connectivity index (χ3v) is 5.29. The molecule has 132 valence electrons. The highest BCUT2D eigenvalue weighted by atomic mass is 35.5. The molecule has 7 heteroatoms. The predicted octanol–water partition coefficient (Wildman–Crippen LogP) is 3.38. The molecule has 1 saturated carbocycles. The van der Waals surface area contributed by atoms with Crippen LogP contribution in [0, 0.1) is 5.92 Å². The van der Waals surface area contributed by atoms with Gasteiger partial charge in [-0.2, -0.15) is 5.10 Å². The molecule has 0 spiro atoms. The van der Waals surface area contributed by atoms with Crippen molar-refractivity contribution in [3.8, 4) is 0 Å². The second-order valence-corrected chi connectivity index (χ2v) is 7.14. The summed E-state index contributed by atoms with van der Waals surface area (Å²) in [5.41, 5.74) is 0.499. The number of carbonyl (C=O) groups is 1. The highest BCUT2D eigenvalue weighted by Crippen LogP contribution is 2.35. The minimum atomic E-state index is -0.554. The van der Waals surface area contributed by atoms with Crippen LogP contribution < -0.4 is 5.56 Å². The molecule has 0 radical (unpaired) electrons. The van der Waals surface area contributed by atoms with Crippen molar-refractivity contribution in [1.29, 1.82) is 0 Å². The molecule has 1 aromatic heterocycles.